The van der Waals surface area contributed by atoms with Crippen LogP contribution in [0.1, 0.15) is 36.3 Å². The standard InChI is InChI=1S/C19H26N4O3S/c1-19(2,3)22-17(24)15-13-27-16(21-15)12-23(10-11-26-4)18(25)20-14-8-6-5-7-9-14/h5-9,13H,10-12H2,1-4H3,(H,20,25)(H,22,24). The Labute approximate surface area is 163 Å². The van der Waals surface area contributed by atoms with Crippen LogP contribution in [0, 0.1) is 0 Å². The molecular formula is C19H26N4O3S. The lowest BCUT2D eigenvalue weighted by molar-refractivity contribution is 0.0915. The number of benzene rings is 1. The molecule has 0 spiro atoms. The molecule has 0 aliphatic heterocycles. The molecule has 0 aliphatic carbocycles. The Balaban J connectivity index is 2.05. The predicted octanol–water partition coefficient (Wildman–Crippen LogP) is 3.35. The Hall–Kier alpha value is -2.45. The van der Waals surface area contributed by atoms with Crippen molar-refractivity contribution in [3.63, 3.8) is 0 Å². The van der Waals surface area contributed by atoms with Gasteiger partial charge in [0.25, 0.3) is 5.91 Å². The number of methoxy groups -OCH3 is 1. The van der Waals surface area contributed by atoms with Crippen LogP contribution in [0.15, 0.2) is 35.7 Å². The summed E-state index contributed by atoms with van der Waals surface area (Å²) < 4.78 is 5.11. The smallest absolute Gasteiger partial charge is 0.322 e. The zero-order chi connectivity index (χ0) is 19.9. The van der Waals surface area contributed by atoms with E-state index in [1.807, 2.05) is 51.1 Å². The maximum absolute atomic E-state index is 12.6. The first-order valence-electron chi connectivity index (χ1n) is 8.65. The van der Waals surface area contributed by atoms with Gasteiger partial charge in [-0.3, -0.25) is 4.79 Å². The number of thiazole rings is 1. The molecule has 27 heavy (non-hydrogen) atoms. The van der Waals surface area contributed by atoms with Gasteiger partial charge in [0.05, 0.1) is 13.2 Å². The fraction of sp³-hybridized carbons (Fsp3) is 0.421. The van der Waals surface area contributed by atoms with Gasteiger partial charge in [-0.05, 0) is 32.9 Å². The minimum absolute atomic E-state index is 0.220. The van der Waals surface area contributed by atoms with E-state index in [0.717, 1.165) is 0 Å². The Morgan fingerprint density at radius 1 is 1.22 bits per heavy atom. The van der Waals surface area contributed by atoms with Crippen LogP contribution in [-0.4, -0.2) is 47.6 Å². The number of carbonyl (C=O) groups is 2. The van der Waals surface area contributed by atoms with E-state index in [9.17, 15) is 9.59 Å². The van der Waals surface area contributed by atoms with Gasteiger partial charge >= 0.3 is 6.03 Å². The molecule has 0 saturated carbocycles. The summed E-state index contributed by atoms with van der Waals surface area (Å²) in [6.07, 6.45) is 0. The quantitative estimate of drug-likeness (QED) is 0.759. The van der Waals surface area contributed by atoms with Crippen LogP contribution in [0.2, 0.25) is 0 Å². The van der Waals surface area contributed by atoms with E-state index in [1.165, 1.54) is 11.3 Å². The molecule has 7 nitrogen and oxygen atoms in total. The van der Waals surface area contributed by atoms with Crippen LogP contribution in [0.5, 0.6) is 0 Å². The summed E-state index contributed by atoms with van der Waals surface area (Å²) in [5.41, 5.74) is 0.746. The summed E-state index contributed by atoms with van der Waals surface area (Å²) in [5.74, 6) is -0.220. The average molecular weight is 391 g/mol. The van der Waals surface area contributed by atoms with E-state index in [1.54, 1.807) is 17.4 Å². The number of hydrogen-bond donors (Lipinski definition) is 2. The van der Waals surface area contributed by atoms with E-state index < -0.39 is 0 Å². The monoisotopic (exact) mass is 390 g/mol. The summed E-state index contributed by atoms with van der Waals surface area (Å²) >= 11 is 1.35. The summed E-state index contributed by atoms with van der Waals surface area (Å²) in [5, 5.41) is 8.14. The summed E-state index contributed by atoms with van der Waals surface area (Å²) in [6.45, 7) is 6.87. The Bertz CT molecular complexity index is 756. The second kappa shape index (κ2) is 9.48. The summed E-state index contributed by atoms with van der Waals surface area (Å²) in [6, 6.07) is 9.01. The van der Waals surface area contributed by atoms with Crippen LogP contribution in [0.25, 0.3) is 0 Å². The third-order valence-electron chi connectivity index (χ3n) is 3.48. The Kier molecular flexibility index (Phi) is 7.32. The molecule has 3 amide bonds. The molecular weight excluding hydrogens is 364 g/mol. The topological polar surface area (TPSA) is 83.6 Å². The fourth-order valence-corrected chi connectivity index (χ4v) is 3.02. The number of nitrogens with one attached hydrogen (secondary N) is 2. The summed E-state index contributed by atoms with van der Waals surface area (Å²) in [4.78, 5) is 30.8. The van der Waals surface area contributed by atoms with Crippen molar-refractivity contribution in [1.29, 1.82) is 0 Å². The zero-order valence-corrected chi connectivity index (χ0v) is 16.9. The molecule has 0 fully saturated rings. The van der Waals surface area contributed by atoms with E-state index in [0.29, 0.717) is 36.1 Å². The van der Waals surface area contributed by atoms with Gasteiger partial charge in [0, 0.05) is 30.3 Å². The van der Waals surface area contributed by atoms with Crippen LogP contribution in [-0.2, 0) is 11.3 Å². The minimum Gasteiger partial charge on any atom is -0.383 e. The molecule has 0 radical (unpaired) electrons. The van der Waals surface area contributed by atoms with Crippen LogP contribution in [0.4, 0.5) is 10.5 Å². The molecule has 0 unspecified atom stereocenters. The van der Waals surface area contributed by atoms with E-state index >= 15 is 0 Å². The van der Waals surface area contributed by atoms with Gasteiger partial charge in [-0.2, -0.15) is 0 Å². The van der Waals surface area contributed by atoms with Gasteiger partial charge in [0.15, 0.2) is 0 Å². The van der Waals surface area contributed by atoms with E-state index in [-0.39, 0.29) is 17.5 Å². The molecule has 8 heteroatoms. The number of rotatable bonds is 7. The molecule has 0 saturated heterocycles. The van der Waals surface area contributed by atoms with Crippen molar-refractivity contribution in [3.05, 3.63) is 46.4 Å². The average Bonchev–Trinajstić information content (AvgIpc) is 3.07. The van der Waals surface area contributed by atoms with Crippen molar-refractivity contribution < 1.29 is 14.3 Å². The second-order valence-electron chi connectivity index (χ2n) is 7.04. The van der Waals surface area contributed by atoms with Gasteiger partial charge in [0.2, 0.25) is 0 Å². The number of para-hydroxylation sites is 1. The second-order valence-corrected chi connectivity index (χ2v) is 7.98. The highest BCUT2D eigenvalue weighted by Crippen LogP contribution is 2.15. The van der Waals surface area contributed by atoms with E-state index in [4.69, 9.17) is 4.74 Å². The lowest BCUT2D eigenvalue weighted by Crippen LogP contribution is -2.40. The van der Waals surface area contributed by atoms with Gasteiger partial charge in [-0.15, -0.1) is 11.3 Å². The lowest BCUT2D eigenvalue weighted by atomic mass is 10.1. The largest absolute Gasteiger partial charge is 0.383 e. The summed E-state index contributed by atoms with van der Waals surface area (Å²) in [7, 11) is 1.59. The SMILES string of the molecule is COCCN(Cc1nc(C(=O)NC(C)(C)C)cs1)C(=O)Nc1ccccc1. The number of carbonyl (C=O) groups excluding carboxylic acids is 2. The first-order chi connectivity index (χ1) is 12.8. The van der Waals surface area contributed by atoms with Gasteiger partial charge in [0.1, 0.15) is 10.7 Å². The number of aromatic nitrogens is 1. The van der Waals surface area contributed by atoms with Crippen LogP contribution in [0.3, 0.4) is 0 Å². The van der Waals surface area contributed by atoms with Crippen LogP contribution >= 0.6 is 11.3 Å². The molecule has 1 aromatic carbocycles. The first-order valence-corrected chi connectivity index (χ1v) is 9.53. The van der Waals surface area contributed by atoms with Crippen molar-refractivity contribution in [3.8, 4) is 0 Å². The third-order valence-corrected chi connectivity index (χ3v) is 4.31. The lowest BCUT2D eigenvalue weighted by Gasteiger charge is -2.22. The number of anilines is 1. The number of urea groups is 1. The molecule has 0 atom stereocenters. The highest BCUT2D eigenvalue weighted by atomic mass is 32.1. The predicted molar refractivity (Wildman–Crippen MR) is 107 cm³/mol. The van der Waals surface area contributed by atoms with Crippen LogP contribution < -0.4 is 10.6 Å². The van der Waals surface area contributed by atoms with Gasteiger partial charge < -0.3 is 20.3 Å². The normalized spacial score (nSPS) is 11.1. The zero-order valence-electron chi connectivity index (χ0n) is 16.1. The van der Waals surface area contributed by atoms with Gasteiger partial charge in [-0.25, -0.2) is 9.78 Å². The van der Waals surface area contributed by atoms with Crippen molar-refractivity contribution in [2.24, 2.45) is 0 Å². The van der Waals surface area contributed by atoms with Gasteiger partial charge in [-0.1, -0.05) is 18.2 Å². The van der Waals surface area contributed by atoms with Crippen molar-refractivity contribution in [2.45, 2.75) is 32.9 Å². The number of hydrogen-bond acceptors (Lipinski definition) is 5. The number of nitrogens with zero attached hydrogens (tertiary/aromatic N) is 2. The maximum atomic E-state index is 12.6. The highest BCUT2D eigenvalue weighted by Gasteiger charge is 2.20. The number of amides is 3. The van der Waals surface area contributed by atoms with E-state index in [2.05, 4.69) is 15.6 Å². The Morgan fingerprint density at radius 3 is 2.56 bits per heavy atom. The van der Waals surface area contributed by atoms with Crippen molar-refractivity contribution >= 4 is 29.0 Å². The maximum Gasteiger partial charge on any atom is 0.322 e. The highest BCUT2D eigenvalue weighted by molar-refractivity contribution is 7.09. The molecule has 2 rings (SSSR count). The minimum atomic E-state index is -0.332. The molecule has 146 valence electrons. The number of ether oxygens (including phenoxy) is 1. The Morgan fingerprint density at radius 2 is 1.93 bits per heavy atom. The molecule has 2 N–H and O–H groups in total. The first kappa shape index (κ1) is 20.9. The molecule has 0 aliphatic rings. The molecule has 1 aromatic heterocycles. The molecule has 1 heterocycles. The fourth-order valence-electron chi connectivity index (χ4n) is 2.23. The molecule has 2 aromatic rings. The van der Waals surface area contributed by atoms with Crippen molar-refractivity contribution in [1.82, 2.24) is 15.2 Å². The third kappa shape index (κ3) is 6.99. The molecule has 0 bridgehead atoms. The van der Waals surface area contributed by atoms with Crippen molar-refractivity contribution in [2.75, 3.05) is 25.6 Å².